The number of aromatic nitrogens is 1. The molecular weight excluding hydrogens is 386 g/mol. The molecule has 0 aliphatic carbocycles. The average Bonchev–Trinajstić information content (AvgIpc) is 3.17. The Morgan fingerprint density at radius 1 is 1.28 bits per heavy atom. The molecule has 1 heterocycles. The van der Waals surface area contributed by atoms with Gasteiger partial charge < -0.3 is 14.8 Å². The number of nitrogens with zero attached hydrogens (tertiary/aromatic N) is 2. The van der Waals surface area contributed by atoms with Gasteiger partial charge in [0.2, 0.25) is 0 Å². The Bertz CT molecular complexity index is 900. The van der Waals surface area contributed by atoms with Crippen LogP contribution in [0.4, 0.5) is 5.13 Å². The van der Waals surface area contributed by atoms with Crippen LogP contribution >= 0.6 is 11.3 Å². The van der Waals surface area contributed by atoms with Crippen LogP contribution in [-0.4, -0.2) is 30.7 Å². The van der Waals surface area contributed by atoms with E-state index in [1.807, 2.05) is 38.1 Å². The Labute approximate surface area is 176 Å². The minimum absolute atomic E-state index is 0.350. The molecule has 0 atom stereocenters. The van der Waals surface area contributed by atoms with Crippen molar-refractivity contribution >= 4 is 34.7 Å². The number of benzene rings is 1. The lowest BCUT2D eigenvalue weighted by atomic mass is 10.1. The summed E-state index contributed by atoms with van der Waals surface area (Å²) >= 11 is 1.26. The third-order valence-corrected chi connectivity index (χ3v) is 4.56. The van der Waals surface area contributed by atoms with Crippen LogP contribution in [0.25, 0.3) is 5.70 Å². The van der Waals surface area contributed by atoms with Gasteiger partial charge in [0.05, 0.1) is 23.4 Å². The summed E-state index contributed by atoms with van der Waals surface area (Å²) < 4.78 is 11.8. The maximum atomic E-state index is 10.9. The molecule has 6 nitrogen and oxygen atoms in total. The second-order valence-corrected chi connectivity index (χ2v) is 7.71. The highest BCUT2D eigenvalue weighted by molar-refractivity contribution is 7.17. The van der Waals surface area contributed by atoms with Gasteiger partial charge in [-0.15, -0.1) is 0 Å². The molecule has 0 aliphatic heterocycles. The molecule has 0 fully saturated rings. The number of aliphatic imine (C=N–C) groups is 1. The van der Waals surface area contributed by atoms with Crippen LogP contribution in [0.2, 0.25) is 0 Å². The second-order valence-electron chi connectivity index (χ2n) is 6.64. The fourth-order valence-corrected chi connectivity index (χ4v) is 2.95. The highest BCUT2D eigenvalue weighted by Gasteiger charge is 2.10. The summed E-state index contributed by atoms with van der Waals surface area (Å²) in [5, 5.41) is 3.74. The van der Waals surface area contributed by atoms with Gasteiger partial charge >= 0.3 is 0 Å². The van der Waals surface area contributed by atoms with Crippen LogP contribution in [0.15, 0.2) is 47.7 Å². The van der Waals surface area contributed by atoms with E-state index < -0.39 is 0 Å². The maximum Gasteiger partial charge on any atom is 0.187 e. The minimum Gasteiger partial charge on any atom is -0.493 e. The largest absolute Gasteiger partial charge is 0.493 e. The van der Waals surface area contributed by atoms with Crippen molar-refractivity contribution in [3.8, 4) is 11.5 Å². The molecule has 0 amide bonds. The highest BCUT2D eigenvalue weighted by Crippen LogP contribution is 2.29. The van der Waals surface area contributed by atoms with Gasteiger partial charge in [0.25, 0.3) is 0 Å². The summed E-state index contributed by atoms with van der Waals surface area (Å²) in [6, 6.07) is 5.64. The SMILES string of the molecule is C=C(Nc1ncc(C=O)s1)c1cc(OCC(=C/C)/N=C\C)cc(OCC(C)C)c1. The Kier molecular flexibility index (Phi) is 8.61. The molecule has 0 bridgehead atoms. The van der Waals surface area contributed by atoms with Crippen molar-refractivity contribution in [2.75, 3.05) is 18.5 Å². The quantitative estimate of drug-likeness (QED) is 0.392. The first-order valence-corrected chi connectivity index (χ1v) is 10.2. The lowest BCUT2D eigenvalue weighted by molar-refractivity contribution is 0.112. The van der Waals surface area contributed by atoms with E-state index in [-0.39, 0.29) is 0 Å². The topological polar surface area (TPSA) is 72.8 Å². The number of aldehydes is 1. The molecule has 0 unspecified atom stereocenters. The number of nitrogens with one attached hydrogen (secondary N) is 1. The smallest absolute Gasteiger partial charge is 0.187 e. The van der Waals surface area contributed by atoms with Crippen LogP contribution < -0.4 is 14.8 Å². The van der Waals surface area contributed by atoms with Crippen molar-refractivity contribution in [1.29, 1.82) is 0 Å². The third-order valence-electron chi connectivity index (χ3n) is 3.72. The third kappa shape index (κ3) is 7.19. The summed E-state index contributed by atoms with van der Waals surface area (Å²) in [6.45, 7) is 13.0. The van der Waals surface area contributed by atoms with Gasteiger partial charge in [0.1, 0.15) is 18.1 Å². The standard InChI is InChI=1S/C22H27N3O3S/c1-6-18(23-7-2)14-28-20-9-17(8-19(10-20)27-13-15(3)4)16(5)25-22-24-11-21(12-26)29-22/h6-12,15H,5,13-14H2,1-4H3,(H,24,25)/b18-6-,23-7-. The van der Waals surface area contributed by atoms with E-state index in [9.17, 15) is 4.79 Å². The lowest BCUT2D eigenvalue weighted by Crippen LogP contribution is -2.06. The number of carbonyl (C=O) groups excluding carboxylic acids is 1. The van der Waals surface area contributed by atoms with Crippen molar-refractivity contribution in [1.82, 2.24) is 4.98 Å². The molecule has 0 spiro atoms. The summed E-state index contributed by atoms with van der Waals surface area (Å²) in [7, 11) is 0. The van der Waals surface area contributed by atoms with E-state index in [2.05, 4.69) is 35.7 Å². The van der Waals surface area contributed by atoms with Gasteiger partial charge in [-0.3, -0.25) is 9.79 Å². The molecule has 1 aromatic carbocycles. The van der Waals surface area contributed by atoms with Crippen LogP contribution in [0.5, 0.6) is 11.5 Å². The van der Waals surface area contributed by atoms with Gasteiger partial charge in [-0.05, 0) is 31.9 Å². The number of rotatable bonds is 11. The van der Waals surface area contributed by atoms with Crippen LogP contribution in [0, 0.1) is 5.92 Å². The zero-order valence-corrected chi connectivity index (χ0v) is 18.1. The van der Waals surface area contributed by atoms with Crippen molar-refractivity contribution in [3.63, 3.8) is 0 Å². The van der Waals surface area contributed by atoms with Gasteiger partial charge in [-0.25, -0.2) is 4.98 Å². The average molecular weight is 414 g/mol. The Morgan fingerprint density at radius 3 is 2.59 bits per heavy atom. The number of thiazole rings is 1. The first-order valence-electron chi connectivity index (χ1n) is 9.37. The number of carbonyl (C=O) groups is 1. The van der Waals surface area contributed by atoms with E-state index >= 15 is 0 Å². The van der Waals surface area contributed by atoms with Crippen LogP contribution in [0.3, 0.4) is 0 Å². The zero-order chi connectivity index (χ0) is 21.2. The number of ether oxygens (including phenoxy) is 2. The first kappa shape index (κ1) is 22.4. The molecule has 1 N–H and O–H groups in total. The molecular formula is C22H27N3O3S. The molecule has 0 aliphatic rings. The first-order chi connectivity index (χ1) is 13.9. The molecule has 0 saturated heterocycles. The van der Waals surface area contributed by atoms with Crippen molar-refractivity contribution in [2.24, 2.45) is 10.9 Å². The molecule has 154 valence electrons. The fourth-order valence-electron chi connectivity index (χ4n) is 2.29. The maximum absolute atomic E-state index is 10.9. The Hall–Kier alpha value is -2.93. The summed E-state index contributed by atoms with van der Waals surface area (Å²) in [5.74, 6) is 1.75. The number of allylic oxidation sites excluding steroid dienone is 1. The van der Waals surface area contributed by atoms with Crippen molar-refractivity contribution in [3.05, 3.63) is 53.2 Å². The van der Waals surface area contributed by atoms with E-state index in [0.29, 0.717) is 46.3 Å². The predicted octanol–water partition coefficient (Wildman–Crippen LogP) is 5.45. The Morgan fingerprint density at radius 2 is 2.00 bits per heavy atom. The number of anilines is 1. The van der Waals surface area contributed by atoms with Gasteiger partial charge in [-0.2, -0.15) is 0 Å². The lowest BCUT2D eigenvalue weighted by Gasteiger charge is -2.15. The molecule has 2 rings (SSSR count). The van der Waals surface area contributed by atoms with Crippen molar-refractivity contribution < 1.29 is 14.3 Å². The molecule has 0 saturated carbocycles. The number of hydrogen-bond acceptors (Lipinski definition) is 7. The summed E-state index contributed by atoms with van der Waals surface area (Å²) in [6.07, 6.45) is 5.94. The van der Waals surface area contributed by atoms with E-state index in [4.69, 9.17) is 9.47 Å². The van der Waals surface area contributed by atoms with Gasteiger partial charge in [0.15, 0.2) is 11.4 Å². The van der Waals surface area contributed by atoms with Gasteiger partial charge in [0, 0.05) is 23.5 Å². The molecule has 0 radical (unpaired) electrons. The predicted molar refractivity (Wildman–Crippen MR) is 120 cm³/mol. The number of hydrogen-bond donors (Lipinski definition) is 1. The van der Waals surface area contributed by atoms with E-state index in [0.717, 1.165) is 17.5 Å². The summed E-state index contributed by atoms with van der Waals surface area (Å²) in [5.41, 5.74) is 2.28. The van der Waals surface area contributed by atoms with Crippen LogP contribution in [-0.2, 0) is 0 Å². The monoisotopic (exact) mass is 413 g/mol. The molecule has 7 heteroatoms. The second kappa shape index (κ2) is 11.2. The molecule has 29 heavy (non-hydrogen) atoms. The summed E-state index contributed by atoms with van der Waals surface area (Å²) in [4.78, 5) is 19.9. The molecule has 2 aromatic rings. The fraction of sp³-hybridized carbons (Fsp3) is 0.318. The normalized spacial score (nSPS) is 11.7. The molecule has 1 aromatic heterocycles. The van der Waals surface area contributed by atoms with Crippen molar-refractivity contribution in [2.45, 2.75) is 27.7 Å². The van der Waals surface area contributed by atoms with Crippen LogP contribution in [0.1, 0.15) is 42.9 Å². The minimum atomic E-state index is 0.350. The zero-order valence-electron chi connectivity index (χ0n) is 17.3. The van der Waals surface area contributed by atoms with Gasteiger partial charge in [-0.1, -0.05) is 37.8 Å². The van der Waals surface area contributed by atoms with E-state index in [1.165, 1.54) is 17.5 Å². The highest BCUT2D eigenvalue weighted by atomic mass is 32.1. The Balaban J connectivity index is 2.22. The van der Waals surface area contributed by atoms with E-state index in [1.54, 1.807) is 6.21 Å².